The van der Waals surface area contributed by atoms with Gasteiger partial charge in [0, 0.05) is 22.9 Å². The Labute approximate surface area is 120 Å². The summed E-state index contributed by atoms with van der Waals surface area (Å²) in [6, 6.07) is 14.9. The van der Waals surface area contributed by atoms with Gasteiger partial charge in [-0.25, -0.2) is 0 Å². The molecule has 0 bridgehead atoms. The summed E-state index contributed by atoms with van der Waals surface area (Å²) in [6.45, 7) is 0. The monoisotopic (exact) mass is 316 g/mol. The summed E-state index contributed by atoms with van der Waals surface area (Å²) in [6.07, 6.45) is 1.45. The van der Waals surface area contributed by atoms with Crippen molar-refractivity contribution in [3.63, 3.8) is 0 Å². The third-order valence-electron chi connectivity index (χ3n) is 2.92. The van der Waals surface area contributed by atoms with Gasteiger partial charge in [-0.3, -0.25) is 9.59 Å². The second-order valence-electron chi connectivity index (χ2n) is 4.30. The number of aldehydes is 1. The van der Waals surface area contributed by atoms with Crippen molar-refractivity contribution >= 4 is 28.0 Å². The van der Waals surface area contributed by atoms with Crippen LogP contribution in [0.4, 0.5) is 0 Å². The Bertz CT molecular complexity index is 605. The van der Waals surface area contributed by atoms with Crippen LogP contribution in [-0.2, 0) is 17.6 Å². The molecule has 0 unspecified atom stereocenters. The second-order valence-corrected chi connectivity index (χ2v) is 5.15. The van der Waals surface area contributed by atoms with Crippen molar-refractivity contribution in [2.45, 2.75) is 12.8 Å². The van der Waals surface area contributed by atoms with Crippen molar-refractivity contribution in [3.05, 3.63) is 69.7 Å². The van der Waals surface area contributed by atoms with Crippen LogP contribution in [0.25, 0.3) is 0 Å². The van der Waals surface area contributed by atoms with Crippen LogP contribution in [0.2, 0.25) is 0 Å². The Balaban J connectivity index is 2.10. The van der Waals surface area contributed by atoms with E-state index in [4.69, 9.17) is 0 Å². The van der Waals surface area contributed by atoms with E-state index in [1.54, 1.807) is 12.1 Å². The summed E-state index contributed by atoms with van der Waals surface area (Å²) < 4.78 is 0.937. The molecule has 0 saturated heterocycles. The Morgan fingerprint density at radius 3 is 2.21 bits per heavy atom. The van der Waals surface area contributed by atoms with Gasteiger partial charge in [-0.2, -0.15) is 0 Å². The van der Waals surface area contributed by atoms with Crippen molar-refractivity contribution in [1.29, 1.82) is 0 Å². The molecule has 0 radical (unpaired) electrons. The molecular formula is C16H13BrO2. The molecule has 0 saturated carbocycles. The van der Waals surface area contributed by atoms with Crippen LogP contribution in [-0.4, -0.2) is 12.1 Å². The van der Waals surface area contributed by atoms with Crippen LogP contribution in [0, 0.1) is 0 Å². The molecule has 96 valence electrons. The number of rotatable bonds is 5. The lowest BCUT2D eigenvalue weighted by Crippen LogP contribution is -2.08. The molecule has 2 aromatic carbocycles. The molecule has 0 aliphatic carbocycles. The first-order valence-corrected chi connectivity index (χ1v) is 6.78. The predicted molar refractivity (Wildman–Crippen MR) is 78.4 cm³/mol. The van der Waals surface area contributed by atoms with Crippen LogP contribution >= 0.6 is 15.9 Å². The fourth-order valence-corrected chi connectivity index (χ4v) is 2.36. The smallest absolute Gasteiger partial charge is 0.150 e. The van der Waals surface area contributed by atoms with E-state index < -0.39 is 0 Å². The minimum atomic E-state index is 0.0983. The Kier molecular flexibility index (Phi) is 4.63. The molecule has 19 heavy (non-hydrogen) atoms. The Hall–Kier alpha value is -1.74. The molecule has 0 amide bonds. The fourth-order valence-electron chi connectivity index (χ4n) is 1.94. The average Bonchev–Trinajstić information content (AvgIpc) is 2.42. The molecule has 0 aliphatic rings. The number of carbonyl (C=O) groups is 2. The van der Waals surface area contributed by atoms with Gasteiger partial charge in [0.05, 0.1) is 0 Å². The number of hydrogen-bond acceptors (Lipinski definition) is 2. The lowest BCUT2D eigenvalue weighted by atomic mass is 9.99. The van der Waals surface area contributed by atoms with Crippen LogP contribution in [0.15, 0.2) is 53.0 Å². The topological polar surface area (TPSA) is 34.1 Å². The van der Waals surface area contributed by atoms with Gasteiger partial charge in [-0.05, 0) is 17.2 Å². The molecule has 0 spiro atoms. The first-order chi connectivity index (χ1) is 9.20. The molecule has 0 N–H and O–H groups in total. The maximum absolute atomic E-state index is 12.1. The Morgan fingerprint density at radius 2 is 1.53 bits per heavy atom. The summed E-state index contributed by atoms with van der Waals surface area (Å²) in [7, 11) is 0. The van der Waals surface area contributed by atoms with Crippen molar-refractivity contribution < 1.29 is 9.59 Å². The van der Waals surface area contributed by atoms with Gasteiger partial charge in [-0.1, -0.05) is 58.4 Å². The number of benzene rings is 2. The van der Waals surface area contributed by atoms with E-state index in [0.717, 1.165) is 21.9 Å². The molecule has 2 aromatic rings. The van der Waals surface area contributed by atoms with Gasteiger partial charge >= 0.3 is 0 Å². The number of carbonyl (C=O) groups excluding carboxylic acids is 2. The van der Waals surface area contributed by atoms with Gasteiger partial charge < -0.3 is 0 Å². The normalized spacial score (nSPS) is 10.2. The lowest BCUT2D eigenvalue weighted by Gasteiger charge is -2.05. The number of hydrogen-bond donors (Lipinski definition) is 0. The third-order valence-corrected chi connectivity index (χ3v) is 3.69. The molecule has 2 rings (SSSR count). The standard InChI is InChI=1S/C16H13BrO2/c17-16-8-4-3-6-13(16)10-15(19)9-12-5-1-2-7-14(12)11-18/h1-8,11H,9-10H2. The fraction of sp³-hybridized carbons (Fsp3) is 0.125. The van der Waals surface area contributed by atoms with Gasteiger partial charge in [0.1, 0.15) is 12.1 Å². The lowest BCUT2D eigenvalue weighted by molar-refractivity contribution is -0.117. The number of ketones is 1. The molecule has 0 fully saturated rings. The first-order valence-electron chi connectivity index (χ1n) is 5.99. The maximum Gasteiger partial charge on any atom is 0.150 e. The van der Waals surface area contributed by atoms with Crippen LogP contribution in [0.3, 0.4) is 0 Å². The Morgan fingerprint density at radius 1 is 0.947 bits per heavy atom. The number of Topliss-reactive ketones (excluding diaryl/α,β-unsaturated/α-hetero) is 1. The molecule has 0 atom stereocenters. The zero-order valence-corrected chi connectivity index (χ0v) is 11.9. The highest BCUT2D eigenvalue weighted by Crippen LogP contribution is 2.17. The second kappa shape index (κ2) is 6.43. The summed E-state index contributed by atoms with van der Waals surface area (Å²) >= 11 is 3.43. The summed E-state index contributed by atoms with van der Waals surface area (Å²) in [5.74, 6) is 0.0983. The predicted octanol–water partition coefficient (Wildman–Crippen LogP) is 3.62. The molecule has 2 nitrogen and oxygen atoms in total. The maximum atomic E-state index is 12.1. The van der Waals surface area contributed by atoms with E-state index in [1.165, 1.54) is 0 Å². The van der Waals surface area contributed by atoms with E-state index in [0.29, 0.717) is 12.0 Å². The van der Waals surface area contributed by atoms with Gasteiger partial charge in [0.25, 0.3) is 0 Å². The largest absolute Gasteiger partial charge is 0.299 e. The van der Waals surface area contributed by atoms with E-state index >= 15 is 0 Å². The highest BCUT2D eigenvalue weighted by molar-refractivity contribution is 9.10. The molecule has 0 aliphatic heterocycles. The zero-order valence-electron chi connectivity index (χ0n) is 10.3. The first kappa shape index (κ1) is 13.7. The van der Waals surface area contributed by atoms with Crippen molar-refractivity contribution in [1.82, 2.24) is 0 Å². The van der Waals surface area contributed by atoms with Gasteiger partial charge in [-0.15, -0.1) is 0 Å². The summed E-state index contributed by atoms with van der Waals surface area (Å²) in [4.78, 5) is 23.0. The van der Waals surface area contributed by atoms with Crippen molar-refractivity contribution in [2.24, 2.45) is 0 Å². The van der Waals surface area contributed by atoms with Crippen LogP contribution in [0.1, 0.15) is 21.5 Å². The zero-order chi connectivity index (χ0) is 13.7. The summed E-state index contributed by atoms with van der Waals surface area (Å²) in [5.41, 5.74) is 2.34. The van der Waals surface area contributed by atoms with E-state index in [-0.39, 0.29) is 12.2 Å². The molecule has 0 aromatic heterocycles. The SMILES string of the molecule is O=Cc1ccccc1CC(=O)Cc1ccccc1Br. The van der Waals surface area contributed by atoms with Crippen molar-refractivity contribution in [2.75, 3.05) is 0 Å². The molecule has 3 heteroatoms. The van der Waals surface area contributed by atoms with E-state index in [9.17, 15) is 9.59 Å². The minimum absolute atomic E-state index is 0.0983. The van der Waals surface area contributed by atoms with Gasteiger partial charge in [0.2, 0.25) is 0 Å². The van der Waals surface area contributed by atoms with Crippen LogP contribution in [0.5, 0.6) is 0 Å². The van der Waals surface area contributed by atoms with E-state index in [1.807, 2.05) is 36.4 Å². The third kappa shape index (κ3) is 3.61. The molecule has 0 heterocycles. The average molecular weight is 317 g/mol. The minimum Gasteiger partial charge on any atom is -0.299 e. The molecular weight excluding hydrogens is 304 g/mol. The quantitative estimate of drug-likeness (QED) is 0.790. The van der Waals surface area contributed by atoms with E-state index in [2.05, 4.69) is 15.9 Å². The highest BCUT2D eigenvalue weighted by atomic mass is 79.9. The van der Waals surface area contributed by atoms with Crippen molar-refractivity contribution in [3.8, 4) is 0 Å². The number of halogens is 1. The highest BCUT2D eigenvalue weighted by Gasteiger charge is 2.09. The summed E-state index contributed by atoms with van der Waals surface area (Å²) in [5, 5.41) is 0. The van der Waals surface area contributed by atoms with Crippen LogP contribution < -0.4 is 0 Å². The van der Waals surface area contributed by atoms with Gasteiger partial charge in [0.15, 0.2) is 0 Å².